The molecule has 2 N–H and O–H groups in total. The molecule has 0 atom stereocenters. The average molecular weight is 456 g/mol. The van der Waals surface area contributed by atoms with Crippen LogP contribution in [0, 0.1) is 0 Å². The number of hydrogen-bond acceptors (Lipinski definition) is 4. The molecule has 0 radical (unpaired) electrons. The summed E-state index contributed by atoms with van der Waals surface area (Å²) >= 11 is 0. The summed E-state index contributed by atoms with van der Waals surface area (Å²) in [7, 11) is 3.42. The van der Waals surface area contributed by atoms with Crippen LogP contribution in [0.5, 0.6) is 0 Å². The SMILES string of the molecule is CN=C(NCCCOC)NCCN(C(=O)OC(C)(C)C)C1CC1.I. The van der Waals surface area contributed by atoms with Gasteiger partial charge in [-0.1, -0.05) is 0 Å². The largest absolute Gasteiger partial charge is 0.444 e. The maximum Gasteiger partial charge on any atom is 0.410 e. The van der Waals surface area contributed by atoms with Crippen molar-refractivity contribution >= 4 is 36.0 Å². The van der Waals surface area contributed by atoms with Crippen molar-refractivity contribution in [2.45, 2.75) is 51.7 Å². The van der Waals surface area contributed by atoms with Crippen molar-refractivity contribution in [3.63, 3.8) is 0 Å². The normalized spacial score (nSPS) is 14.6. The van der Waals surface area contributed by atoms with Crippen LogP contribution in [-0.2, 0) is 9.47 Å². The zero-order valence-corrected chi connectivity index (χ0v) is 17.9. The summed E-state index contributed by atoms with van der Waals surface area (Å²) in [6.45, 7) is 8.43. The fourth-order valence-corrected chi connectivity index (χ4v) is 2.07. The molecule has 24 heavy (non-hydrogen) atoms. The summed E-state index contributed by atoms with van der Waals surface area (Å²) < 4.78 is 10.5. The van der Waals surface area contributed by atoms with E-state index in [1.807, 2.05) is 25.7 Å². The maximum atomic E-state index is 12.2. The minimum Gasteiger partial charge on any atom is -0.444 e. The van der Waals surface area contributed by atoms with Crippen LogP contribution in [0.1, 0.15) is 40.0 Å². The number of guanidine groups is 1. The van der Waals surface area contributed by atoms with Gasteiger partial charge in [-0.15, -0.1) is 24.0 Å². The van der Waals surface area contributed by atoms with Gasteiger partial charge in [-0.2, -0.15) is 0 Å². The molecule has 142 valence electrons. The smallest absolute Gasteiger partial charge is 0.410 e. The van der Waals surface area contributed by atoms with Crippen molar-refractivity contribution in [2.75, 3.05) is 40.4 Å². The van der Waals surface area contributed by atoms with Gasteiger partial charge in [-0.3, -0.25) is 4.99 Å². The standard InChI is InChI=1S/C16H32N4O3.HI/c1-16(2,3)23-15(21)20(13-7-8-13)11-10-19-14(17-4)18-9-6-12-22-5;/h13H,6-12H2,1-5H3,(H2,17,18,19);1H. The van der Waals surface area contributed by atoms with Crippen LogP contribution in [0.2, 0.25) is 0 Å². The lowest BCUT2D eigenvalue weighted by Crippen LogP contribution is -2.45. The van der Waals surface area contributed by atoms with Crippen LogP contribution in [-0.4, -0.2) is 69.0 Å². The van der Waals surface area contributed by atoms with Gasteiger partial charge in [-0.25, -0.2) is 4.79 Å². The van der Waals surface area contributed by atoms with Crippen LogP contribution in [0.25, 0.3) is 0 Å². The third-order valence-electron chi connectivity index (χ3n) is 3.30. The van der Waals surface area contributed by atoms with Gasteiger partial charge in [0.05, 0.1) is 0 Å². The molecule has 1 amide bonds. The maximum absolute atomic E-state index is 12.2. The molecule has 0 aromatic heterocycles. The number of aliphatic imine (C=N–C) groups is 1. The van der Waals surface area contributed by atoms with E-state index in [9.17, 15) is 4.79 Å². The number of methoxy groups -OCH3 is 1. The predicted octanol–water partition coefficient (Wildman–Crippen LogP) is 2.21. The first kappa shape index (κ1) is 23.2. The highest BCUT2D eigenvalue weighted by molar-refractivity contribution is 14.0. The Morgan fingerprint density at radius 1 is 1.25 bits per heavy atom. The third kappa shape index (κ3) is 10.2. The molecule has 0 saturated heterocycles. The lowest BCUT2D eigenvalue weighted by Gasteiger charge is -2.27. The van der Waals surface area contributed by atoms with E-state index in [-0.39, 0.29) is 30.1 Å². The zero-order chi connectivity index (χ0) is 17.3. The molecule has 0 heterocycles. The quantitative estimate of drug-likeness (QED) is 0.254. The van der Waals surface area contributed by atoms with Gasteiger partial charge in [0.2, 0.25) is 0 Å². The third-order valence-corrected chi connectivity index (χ3v) is 3.30. The van der Waals surface area contributed by atoms with Crippen LogP contribution in [0.15, 0.2) is 4.99 Å². The molecule has 1 rings (SSSR count). The van der Waals surface area contributed by atoms with Crippen LogP contribution >= 0.6 is 24.0 Å². The molecule has 1 aliphatic carbocycles. The van der Waals surface area contributed by atoms with E-state index in [2.05, 4.69) is 15.6 Å². The number of nitrogens with one attached hydrogen (secondary N) is 2. The van der Waals surface area contributed by atoms with Crippen molar-refractivity contribution in [1.29, 1.82) is 0 Å². The monoisotopic (exact) mass is 456 g/mol. The fraction of sp³-hybridized carbons (Fsp3) is 0.875. The van der Waals surface area contributed by atoms with Crippen molar-refractivity contribution in [3.8, 4) is 0 Å². The molecular formula is C16H33IN4O3. The average Bonchev–Trinajstić information content (AvgIpc) is 3.28. The first-order valence-electron chi connectivity index (χ1n) is 8.30. The Labute approximate surface area is 162 Å². The Morgan fingerprint density at radius 3 is 2.38 bits per heavy atom. The highest BCUT2D eigenvalue weighted by Crippen LogP contribution is 2.27. The second-order valence-electron chi connectivity index (χ2n) is 6.68. The van der Waals surface area contributed by atoms with Crippen molar-refractivity contribution in [1.82, 2.24) is 15.5 Å². The number of halogens is 1. The van der Waals surface area contributed by atoms with E-state index in [1.54, 1.807) is 14.2 Å². The molecule has 1 aliphatic rings. The summed E-state index contributed by atoms with van der Waals surface area (Å²) in [4.78, 5) is 18.2. The summed E-state index contributed by atoms with van der Waals surface area (Å²) in [6, 6.07) is 0.323. The Morgan fingerprint density at radius 2 is 1.88 bits per heavy atom. The van der Waals surface area contributed by atoms with E-state index in [4.69, 9.17) is 9.47 Å². The molecule has 0 aromatic rings. The highest BCUT2D eigenvalue weighted by atomic mass is 127. The summed E-state index contributed by atoms with van der Waals surface area (Å²) in [5.74, 6) is 0.737. The van der Waals surface area contributed by atoms with Gasteiger partial charge < -0.3 is 25.0 Å². The highest BCUT2D eigenvalue weighted by Gasteiger charge is 2.34. The summed E-state index contributed by atoms with van der Waals surface area (Å²) in [5.41, 5.74) is -0.462. The van der Waals surface area contributed by atoms with E-state index < -0.39 is 5.60 Å². The lowest BCUT2D eigenvalue weighted by atomic mass is 10.2. The second-order valence-corrected chi connectivity index (χ2v) is 6.68. The van der Waals surface area contributed by atoms with Gasteiger partial charge in [-0.05, 0) is 40.0 Å². The van der Waals surface area contributed by atoms with E-state index >= 15 is 0 Å². The number of nitrogens with zero attached hydrogens (tertiary/aromatic N) is 2. The lowest BCUT2D eigenvalue weighted by molar-refractivity contribution is 0.0238. The van der Waals surface area contributed by atoms with Crippen LogP contribution in [0.3, 0.4) is 0 Å². The number of amides is 1. The van der Waals surface area contributed by atoms with Gasteiger partial charge in [0.25, 0.3) is 0 Å². The molecule has 1 fully saturated rings. The number of hydrogen-bond donors (Lipinski definition) is 2. The molecule has 0 unspecified atom stereocenters. The number of carbonyl (C=O) groups excluding carboxylic acids is 1. The van der Waals surface area contributed by atoms with Crippen LogP contribution < -0.4 is 10.6 Å². The second kappa shape index (κ2) is 11.7. The molecule has 7 nitrogen and oxygen atoms in total. The summed E-state index contributed by atoms with van der Waals surface area (Å²) in [5, 5.41) is 6.44. The van der Waals surface area contributed by atoms with Gasteiger partial charge in [0, 0.05) is 46.4 Å². The van der Waals surface area contributed by atoms with Crippen molar-refractivity contribution < 1.29 is 14.3 Å². The number of rotatable bonds is 8. The Hall–Kier alpha value is -0.770. The Balaban J connectivity index is 0.00000529. The number of carbonyl (C=O) groups is 1. The zero-order valence-electron chi connectivity index (χ0n) is 15.6. The molecular weight excluding hydrogens is 423 g/mol. The topological polar surface area (TPSA) is 75.2 Å². The van der Waals surface area contributed by atoms with Crippen molar-refractivity contribution in [3.05, 3.63) is 0 Å². The van der Waals surface area contributed by atoms with Gasteiger partial charge in [0.15, 0.2) is 5.96 Å². The van der Waals surface area contributed by atoms with E-state index in [0.29, 0.717) is 19.1 Å². The van der Waals surface area contributed by atoms with Crippen LogP contribution in [0.4, 0.5) is 4.79 Å². The Kier molecular flexibility index (Phi) is 11.4. The first-order valence-corrected chi connectivity index (χ1v) is 8.30. The molecule has 0 bridgehead atoms. The molecule has 1 saturated carbocycles. The van der Waals surface area contributed by atoms with E-state index in [0.717, 1.165) is 38.4 Å². The van der Waals surface area contributed by atoms with E-state index in [1.165, 1.54) is 0 Å². The van der Waals surface area contributed by atoms with Gasteiger partial charge >= 0.3 is 6.09 Å². The molecule has 0 aromatic carbocycles. The fourth-order valence-electron chi connectivity index (χ4n) is 2.07. The summed E-state index contributed by atoms with van der Waals surface area (Å²) in [6.07, 6.45) is 2.81. The van der Waals surface area contributed by atoms with Crippen molar-refractivity contribution in [2.24, 2.45) is 4.99 Å². The van der Waals surface area contributed by atoms with Gasteiger partial charge in [0.1, 0.15) is 5.60 Å². The molecule has 0 spiro atoms. The minimum atomic E-state index is -0.462. The number of ether oxygens (including phenoxy) is 2. The minimum absolute atomic E-state index is 0. The Bertz CT molecular complexity index is 395. The molecule has 8 heteroatoms. The molecule has 0 aliphatic heterocycles. The predicted molar refractivity (Wildman–Crippen MR) is 107 cm³/mol. The first-order chi connectivity index (χ1) is 10.9.